The Kier molecular flexibility index (Phi) is 39.3. The number of H-pyrrole nitrogens is 2. The molecule has 130 heavy (non-hydrogen) atoms. The summed E-state index contributed by atoms with van der Waals surface area (Å²) in [7, 11) is 5.99. The second kappa shape index (κ2) is 48.4. The van der Waals surface area contributed by atoms with Crippen LogP contribution in [0.25, 0.3) is 22.1 Å². The monoisotopic (exact) mass is 1820 g/mol. The lowest BCUT2D eigenvalue weighted by Gasteiger charge is -2.31. The lowest BCUT2D eigenvalue weighted by molar-refractivity contribution is -0.156. The molecule has 6 aromatic rings. The molecule has 39 heteroatoms. The second-order valence-corrected chi connectivity index (χ2v) is 37.4. The number of aliphatic hydroxyl groups excluding tert-OH is 7. The molecule has 5 unspecified atom stereocenters. The first-order valence-corrected chi connectivity index (χ1v) is 44.3. The van der Waals surface area contributed by atoms with Crippen molar-refractivity contribution in [2.75, 3.05) is 65.1 Å². The number of rotatable bonds is 47. The molecular weight excluding hydrogens is 1680 g/mol. The van der Waals surface area contributed by atoms with Gasteiger partial charge in [0.15, 0.2) is 0 Å². The summed E-state index contributed by atoms with van der Waals surface area (Å²) in [4.78, 5) is 145. The molecule has 0 fully saturated rings. The molecule has 0 spiro atoms. The number of nitrogens with zero attached hydrogens (tertiary/aromatic N) is 6. The molecule has 0 radical (unpaired) electrons. The van der Waals surface area contributed by atoms with Crippen molar-refractivity contribution < 1.29 is 107 Å². The van der Waals surface area contributed by atoms with E-state index >= 15 is 0 Å². The van der Waals surface area contributed by atoms with Crippen molar-refractivity contribution in [1.82, 2.24) is 71.4 Å². The number of para-hydroxylation sites is 4. The SMILES string of the molecule is COC(=O)C[C@@H]1Nc2ccc([C@@H](O)N(C)Cc3nc4ccccc4[nH]3)cc2CN(CCCN[C@H](O)C(CCC(=O)OC(C)(C)C)NC(=O)C(CCC(=O)OC(C)(C)C)NC(=O)C(N)CC[C@H](O)NC(CCC(=O)OC(C)(C)C)[C@@H](O)NC(CCC(=O)OC(C)(C)C)C(=O)NCCCN2Cc3cc([C@H](O)N(C)Cc4nc5ccccc5[nH]4)ccc3N[C@H](CC(=O)OC)[C@@H]2O)[C@@H]1O. The number of hydrogen-bond acceptors (Lipinski definition) is 34. The molecule has 0 bridgehead atoms. The van der Waals surface area contributed by atoms with E-state index in [2.05, 4.69) is 62.5 Å². The van der Waals surface area contributed by atoms with Crippen molar-refractivity contribution >= 4 is 87.0 Å². The Balaban J connectivity index is 0.933. The normalized spacial score (nSPS) is 18.2. The molecule has 0 aliphatic carbocycles. The van der Waals surface area contributed by atoms with E-state index in [1.54, 1.807) is 147 Å². The minimum absolute atomic E-state index is 0.0219. The molecule has 8 rings (SSSR count). The number of methoxy groups -OCH3 is 2. The maximum Gasteiger partial charge on any atom is 0.307 e. The molecule has 0 saturated carbocycles. The predicted molar refractivity (Wildman–Crippen MR) is 482 cm³/mol. The highest BCUT2D eigenvalue weighted by atomic mass is 16.6. The van der Waals surface area contributed by atoms with Crippen LogP contribution >= 0.6 is 0 Å². The smallest absolute Gasteiger partial charge is 0.307 e. The van der Waals surface area contributed by atoms with Crippen molar-refractivity contribution in [3.63, 3.8) is 0 Å². The molecule has 2 aliphatic heterocycles. The summed E-state index contributed by atoms with van der Waals surface area (Å²) in [5.41, 5.74) is 9.77. The second-order valence-electron chi connectivity index (χ2n) is 37.4. The van der Waals surface area contributed by atoms with Gasteiger partial charge in [-0.1, -0.05) is 36.4 Å². The Morgan fingerprint density at radius 1 is 0.492 bits per heavy atom. The molecule has 4 aromatic carbocycles. The third-order valence-corrected chi connectivity index (χ3v) is 21.6. The van der Waals surface area contributed by atoms with Crippen molar-refractivity contribution in [3.05, 3.63) is 119 Å². The van der Waals surface area contributed by atoms with Gasteiger partial charge in [0.05, 0.1) is 92.4 Å². The van der Waals surface area contributed by atoms with Gasteiger partial charge in [-0.25, -0.2) is 9.97 Å². The number of aliphatic hydroxyl groups is 7. The van der Waals surface area contributed by atoms with Gasteiger partial charge in [-0.2, -0.15) is 0 Å². The Hall–Kier alpha value is -9.95. The van der Waals surface area contributed by atoms with Gasteiger partial charge in [0.1, 0.15) is 83.7 Å². The highest BCUT2D eigenvalue weighted by Crippen LogP contribution is 2.34. The average Bonchev–Trinajstić information content (AvgIpc) is 1.66. The van der Waals surface area contributed by atoms with Gasteiger partial charge < -0.3 is 106 Å². The van der Waals surface area contributed by atoms with Crippen LogP contribution in [0.2, 0.25) is 0 Å². The van der Waals surface area contributed by atoms with Crippen LogP contribution in [0.15, 0.2) is 84.9 Å². The zero-order valence-electron chi connectivity index (χ0n) is 77.7. The lowest BCUT2D eigenvalue weighted by Crippen LogP contribution is -2.58. The summed E-state index contributed by atoms with van der Waals surface area (Å²) in [6.07, 6.45) is -12.7. The molecule has 39 nitrogen and oxygen atoms in total. The largest absolute Gasteiger partial charge is 0.469 e. The van der Waals surface area contributed by atoms with Crippen molar-refractivity contribution in [1.29, 1.82) is 0 Å². The molecular formula is C91H139N17O22. The predicted octanol–water partition coefficient (Wildman–Crippen LogP) is 4.26. The molecule has 4 heterocycles. The van der Waals surface area contributed by atoms with Crippen LogP contribution in [-0.4, -0.2) is 279 Å². The maximum atomic E-state index is 14.8. The number of ether oxygens (including phenoxy) is 6. The first-order chi connectivity index (χ1) is 61.1. The van der Waals surface area contributed by atoms with E-state index in [4.69, 9.17) is 34.2 Å². The number of nitrogens with two attached hydrogens (primary N) is 1. The Bertz CT molecular complexity index is 4650. The number of aromatic nitrogens is 4. The lowest BCUT2D eigenvalue weighted by atomic mass is 10.0. The van der Waals surface area contributed by atoms with Gasteiger partial charge in [0, 0.05) is 75.8 Å². The van der Waals surface area contributed by atoms with Crippen LogP contribution in [0.1, 0.15) is 219 Å². The van der Waals surface area contributed by atoms with Crippen LogP contribution in [0.4, 0.5) is 11.4 Å². The average molecular weight is 1820 g/mol. The first-order valence-electron chi connectivity index (χ1n) is 44.3. The quantitative estimate of drug-likeness (QED) is 0.0110. The molecule has 0 saturated heterocycles. The Morgan fingerprint density at radius 3 is 1.34 bits per heavy atom. The highest BCUT2D eigenvalue weighted by Gasteiger charge is 2.38. The minimum Gasteiger partial charge on any atom is -0.469 e. The van der Waals surface area contributed by atoms with Crippen LogP contribution in [-0.2, 0) is 97.8 Å². The standard InChI is InChI=1S/C91H139N17O22/c1-88(2,3)127-73(110)37-32-64(80(117)93-41-21-43-107-49-55-45-53(27-30-58(55)95-68(86(107)123)47-77(114)125-15)84(121)105(13)51-70-97-60-23-17-18-24-61(60)98-70)103-82(119)66(34-39-75(112)129-90(7,8)9)101-72(109)36-29-57(92)79(116)102-67(35-40-76(113)130-91(10,11)12)83(120)104-65(33-38-74(111)128-89(4,5)6)81(118)94-42-22-44-108-50-56-46-54(28-31-59(56)96-69(87(108)124)48-78(115)126-16)85(122)106(14)52-71-99-62-25-19-20-26-63(62)100-71/h17-20,23-28,30-31,45-46,57,64-69,72,81-82,84-87,94-96,101,103,109,118-119,121-124H,21-22,29,32-44,47-52,92H2,1-16H3,(H,93,117)(H,97,98)(H,99,100)(H,102,116)(H,104,120)/t57?,64?,65?,66?,67?,68-,69+,72+,81-,82-,84+,85-,86+,87-/m1/s1. The third kappa shape index (κ3) is 34.3. The van der Waals surface area contributed by atoms with Crippen molar-refractivity contribution in [3.8, 4) is 0 Å². The van der Waals surface area contributed by atoms with Crippen LogP contribution in [0.3, 0.4) is 0 Å². The number of amides is 3. The van der Waals surface area contributed by atoms with Gasteiger partial charge in [-0.15, -0.1) is 0 Å². The highest BCUT2D eigenvalue weighted by molar-refractivity contribution is 5.90. The molecule has 19 N–H and O–H groups in total. The Morgan fingerprint density at radius 2 is 0.908 bits per heavy atom. The fraction of sp³-hybridized carbons (Fsp3) is 0.615. The number of carbonyl (C=O) groups is 9. The third-order valence-electron chi connectivity index (χ3n) is 21.6. The van der Waals surface area contributed by atoms with E-state index in [9.17, 15) is 78.9 Å². The summed E-state index contributed by atoms with van der Waals surface area (Å²) >= 11 is 0. The van der Waals surface area contributed by atoms with Gasteiger partial charge in [0.2, 0.25) is 17.7 Å². The van der Waals surface area contributed by atoms with Gasteiger partial charge in [-0.05, 0) is 226 Å². The maximum absolute atomic E-state index is 14.8. The number of aromatic amines is 2. The van der Waals surface area contributed by atoms with Gasteiger partial charge in [-0.3, -0.25) is 78.7 Å². The number of hydrogen-bond donors (Lipinski definition) is 18. The molecule has 2 aliphatic rings. The van der Waals surface area contributed by atoms with E-state index in [1.165, 1.54) is 14.2 Å². The number of anilines is 2. The summed E-state index contributed by atoms with van der Waals surface area (Å²) in [6, 6.07) is 17.1. The van der Waals surface area contributed by atoms with Gasteiger partial charge >= 0.3 is 35.8 Å². The number of carbonyl (C=O) groups excluding carboxylic acids is 9. The summed E-state index contributed by atoms with van der Waals surface area (Å²) in [5, 5.41) is 107. The fourth-order valence-electron chi connectivity index (χ4n) is 15.2. The number of nitrogens with one attached hydrogen (secondary N) is 10. The number of fused-ring (bicyclic) bond motifs is 4. The summed E-state index contributed by atoms with van der Waals surface area (Å²) in [6.45, 7) is 21.1. The summed E-state index contributed by atoms with van der Waals surface area (Å²) in [5.74, 6) is -5.14. The van der Waals surface area contributed by atoms with E-state index in [0.29, 0.717) is 45.3 Å². The van der Waals surface area contributed by atoms with Gasteiger partial charge in [0.25, 0.3) is 0 Å². The zero-order valence-corrected chi connectivity index (χ0v) is 77.7. The van der Waals surface area contributed by atoms with Crippen molar-refractivity contribution in [2.24, 2.45) is 5.73 Å². The number of benzene rings is 4. The molecule has 14 atom stereocenters. The molecule has 3 amide bonds. The topological polar surface area (TPSA) is 543 Å². The number of imidazole rings is 2. The van der Waals surface area contributed by atoms with E-state index in [-0.39, 0.29) is 136 Å². The minimum atomic E-state index is -1.77. The van der Waals surface area contributed by atoms with Crippen LogP contribution in [0.5, 0.6) is 0 Å². The molecule has 720 valence electrons. The van der Waals surface area contributed by atoms with Crippen LogP contribution in [0, 0.1) is 0 Å². The Labute approximate surface area is 759 Å². The summed E-state index contributed by atoms with van der Waals surface area (Å²) < 4.78 is 32.3. The fourth-order valence-corrected chi connectivity index (χ4v) is 15.2. The molecule has 2 aromatic heterocycles. The number of esters is 6. The van der Waals surface area contributed by atoms with E-state index < -0.39 is 168 Å². The first kappa shape index (κ1) is 105. The van der Waals surface area contributed by atoms with Crippen LogP contribution < -0.4 is 48.3 Å². The van der Waals surface area contributed by atoms with E-state index in [1.807, 2.05) is 54.6 Å². The van der Waals surface area contributed by atoms with Crippen molar-refractivity contribution in [2.45, 2.75) is 307 Å². The van der Waals surface area contributed by atoms with E-state index in [0.717, 1.165) is 22.1 Å². The zero-order chi connectivity index (χ0) is 95.7.